The topological polar surface area (TPSA) is 50.7 Å². The Labute approximate surface area is 108 Å². The monoisotopic (exact) mass is 307 g/mol. The summed E-state index contributed by atoms with van der Waals surface area (Å²) in [6, 6.07) is 0. The van der Waals surface area contributed by atoms with Crippen LogP contribution >= 0.6 is 27.7 Å². The number of nitrogens with zero attached hydrogens (tertiary/aromatic N) is 2. The molecule has 0 radical (unpaired) electrons. The van der Waals surface area contributed by atoms with E-state index in [1.54, 1.807) is 16.3 Å². The summed E-state index contributed by atoms with van der Waals surface area (Å²) in [7, 11) is 0. The number of hydrogen-bond acceptors (Lipinski definition) is 3. The van der Waals surface area contributed by atoms with Crippen LogP contribution in [0.1, 0.15) is 26.7 Å². The number of hydrogen-bond donors (Lipinski definition) is 1. The van der Waals surface area contributed by atoms with Crippen LogP contribution in [-0.2, 0) is 6.54 Å². The first-order valence-electron chi connectivity index (χ1n) is 5.56. The fourth-order valence-corrected chi connectivity index (χ4v) is 3.47. The number of rotatable bonds is 7. The summed E-state index contributed by atoms with van der Waals surface area (Å²) < 4.78 is 1.71. The molecule has 0 fully saturated rings. The Bertz CT molecular complexity index is 359. The molecule has 1 aromatic heterocycles. The highest BCUT2D eigenvalue weighted by Crippen LogP contribution is 2.20. The van der Waals surface area contributed by atoms with E-state index in [-0.39, 0.29) is 5.69 Å². The third-order valence-electron chi connectivity index (χ3n) is 2.41. The number of halogens is 1. The molecule has 0 aliphatic heterocycles. The van der Waals surface area contributed by atoms with E-state index < -0.39 is 0 Å². The van der Waals surface area contributed by atoms with Crippen LogP contribution in [0.25, 0.3) is 0 Å². The molecule has 0 aromatic carbocycles. The zero-order valence-electron chi connectivity index (χ0n) is 9.70. The Kier molecular flexibility index (Phi) is 6.20. The standard InChI is InChI=1S/C10H18BrN3OS/c1-3-5-14-9(15)12-13-10(14)16-7-8(4-2)6-11/h8H,3-7H2,1-2H3,(H,12,15). The van der Waals surface area contributed by atoms with Crippen LogP contribution in [0, 0.1) is 5.92 Å². The summed E-state index contributed by atoms with van der Waals surface area (Å²) in [5.41, 5.74) is -0.101. The van der Waals surface area contributed by atoms with Crippen molar-refractivity contribution in [1.29, 1.82) is 0 Å². The van der Waals surface area contributed by atoms with Gasteiger partial charge in [0, 0.05) is 17.6 Å². The molecule has 6 heteroatoms. The third kappa shape index (κ3) is 3.66. The zero-order chi connectivity index (χ0) is 12.0. The second kappa shape index (κ2) is 7.17. The summed E-state index contributed by atoms with van der Waals surface area (Å²) in [6.45, 7) is 4.97. The molecule has 0 saturated heterocycles. The van der Waals surface area contributed by atoms with E-state index in [0.29, 0.717) is 5.92 Å². The van der Waals surface area contributed by atoms with E-state index in [1.807, 2.05) is 0 Å². The van der Waals surface area contributed by atoms with Crippen LogP contribution in [0.15, 0.2) is 9.95 Å². The first kappa shape index (κ1) is 13.8. The van der Waals surface area contributed by atoms with Crippen LogP contribution < -0.4 is 5.69 Å². The van der Waals surface area contributed by atoms with Crippen molar-refractivity contribution in [1.82, 2.24) is 14.8 Å². The molecule has 1 heterocycles. The van der Waals surface area contributed by atoms with Crippen molar-refractivity contribution >= 4 is 27.7 Å². The van der Waals surface area contributed by atoms with Crippen molar-refractivity contribution in [3.8, 4) is 0 Å². The van der Waals surface area contributed by atoms with E-state index in [1.165, 1.54) is 0 Å². The summed E-state index contributed by atoms with van der Waals surface area (Å²) >= 11 is 5.15. The van der Waals surface area contributed by atoms with Gasteiger partial charge in [0.15, 0.2) is 5.16 Å². The van der Waals surface area contributed by atoms with Crippen molar-refractivity contribution in [2.75, 3.05) is 11.1 Å². The number of aromatic nitrogens is 3. The van der Waals surface area contributed by atoms with Gasteiger partial charge in [0.2, 0.25) is 0 Å². The Hall–Kier alpha value is -0.230. The van der Waals surface area contributed by atoms with Crippen molar-refractivity contribution in [3.05, 3.63) is 10.5 Å². The molecule has 0 saturated carbocycles. The highest BCUT2D eigenvalue weighted by Gasteiger charge is 2.11. The van der Waals surface area contributed by atoms with Crippen LogP contribution in [0.5, 0.6) is 0 Å². The summed E-state index contributed by atoms with van der Waals surface area (Å²) in [5, 5.41) is 8.36. The van der Waals surface area contributed by atoms with E-state index in [2.05, 4.69) is 40.0 Å². The Balaban J connectivity index is 2.62. The molecular formula is C10H18BrN3OS. The molecule has 0 bridgehead atoms. The van der Waals surface area contributed by atoms with Gasteiger partial charge in [-0.2, -0.15) is 0 Å². The highest BCUT2D eigenvalue weighted by molar-refractivity contribution is 9.09. The van der Waals surface area contributed by atoms with Crippen molar-refractivity contribution in [3.63, 3.8) is 0 Å². The van der Waals surface area contributed by atoms with Gasteiger partial charge in [-0.15, -0.1) is 5.10 Å². The zero-order valence-corrected chi connectivity index (χ0v) is 12.1. The van der Waals surface area contributed by atoms with Crippen molar-refractivity contribution < 1.29 is 0 Å². The largest absolute Gasteiger partial charge is 0.343 e. The molecule has 4 nitrogen and oxygen atoms in total. The second-order valence-corrected chi connectivity index (χ2v) is 5.34. The van der Waals surface area contributed by atoms with Gasteiger partial charge >= 0.3 is 5.69 Å². The lowest BCUT2D eigenvalue weighted by molar-refractivity contribution is 0.600. The number of nitrogens with one attached hydrogen (secondary N) is 1. The molecule has 92 valence electrons. The quantitative estimate of drug-likeness (QED) is 0.622. The molecule has 0 amide bonds. The van der Waals surface area contributed by atoms with Crippen molar-refractivity contribution in [2.45, 2.75) is 38.4 Å². The molecule has 0 aliphatic rings. The maximum atomic E-state index is 11.4. The predicted molar refractivity (Wildman–Crippen MR) is 71.4 cm³/mol. The van der Waals surface area contributed by atoms with E-state index >= 15 is 0 Å². The lowest BCUT2D eigenvalue weighted by Gasteiger charge is -2.10. The van der Waals surface area contributed by atoms with E-state index in [0.717, 1.165) is 35.6 Å². The Morgan fingerprint density at radius 3 is 2.88 bits per heavy atom. The van der Waals surface area contributed by atoms with Gasteiger partial charge in [-0.3, -0.25) is 4.57 Å². The average Bonchev–Trinajstić information content (AvgIpc) is 2.63. The van der Waals surface area contributed by atoms with Crippen LogP contribution in [0.2, 0.25) is 0 Å². The lowest BCUT2D eigenvalue weighted by Crippen LogP contribution is -2.17. The molecule has 1 unspecified atom stereocenters. The molecular weight excluding hydrogens is 290 g/mol. The van der Waals surface area contributed by atoms with Gasteiger partial charge in [0.25, 0.3) is 0 Å². The van der Waals surface area contributed by atoms with Gasteiger partial charge in [-0.1, -0.05) is 48.0 Å². The van der Waals surface area contributed by atoms with Gasteiger partial charge < -0.3 is 0 Å². The average molecular weight is 308 g/mol. The van der Waals surface area contributed by atoms with Crippen LogP contribution in [0.3, 0.4) is 0 Å². The maximum absolute atomic E-state index is 11.4. The number of aromatic amines is 1. The second-order valence-electron chi connectivity index (χ2n) is 3.70. The van der Waals surface area contributed by atoms with E-state index in [9.17, 15) is 4.79 Å². The SMILES string of the molecule is CCCn1c(SCC(CC)CBr)n[nH]c1=O. The minimum Gasteiger partial charge on any atom is -0.270 e. The molecule has 1 atom stereocenters. The fraction of sp³-hybridized carbons (Fsp3) is 0.800. The molecule has 16 heavy (non-hydrogen) atoms. The first-order valence-corrected chi connectivity index (χ1v) is 7.67. The Morgan fingerprint density at radius 2 is 2.31 bits per heavy atom. The highest BCUT2D eigenvalue weighted by atomic mass is 79.9. The summed E-state index contributed by atoms with van der Waals surface area (Å²) in [5.74, 6) is 1.63. The molecule has 0 aliphatic carbocycles. The predicted octanol–water partition coefficient (Wildman–Crippen LogP) is 2.49. The number of thioether (sulfide) groups is 1. The number of H-pyrrole nitrogens is 1. The smallest absolute Gasteiger partial charge is 0.270 e. The molecule has 1 N–H and O–H groups in total. The summed E-state index contributed by atoms with van der Waals surface area (Å²) in [6.07, 6.45) is 2.09. The van der Waals surface area contributed by atoms with Crippen LogP contribution in [0.4, 0.5) is 0 Å². The fourth-order valence-electron chi connectivity index (χ4n) is 1.30. The summed E-state index contributed by atoms with van der Waals surface area (Å²) in [4.78, 5) is 11.4. The first-order chi connectivity index (χ1) is 7.72. The van der Waals surface area contributed by atoms with Crippen molar-refractivity contribution in [2.24, 2.45) is 5.92 Å². The van der Waals surface area contributed by atoms with Gasteiger partial charge in [-0.05, 0) is 12.3 Å². The lowest BCUT2D eigenvalue weighted by atomic mass is 10.2. The minimum absolute atomic E-state index is 0.101. The molecule has 1 aromatic rings. The van der Waals surface area contributed by atoms with E-state index in [4.69, 9.17) is 0 Å². The molecule has 0 spiro atoms. The minimum atomic E-state index is -0.101. The molecule has 1 rings (SSSR count). The van der Waals surface area contributed by atoms with Crippen LogP contribution in [-0.4, -0.2) is 25.8 Å². The number of alkyl halides is 1. The van der Waals surface area contributed by atoms with Gasteiger partial charge in [0.05, 0.1) is 0 Å². The van der Waals surface area contributed by atoms with Gasteiger partial charge in [0.1, 0.15) is 0 Å². The third-order valence-corrected chi connectivity index (χ3v) is 4.54. The van der Waals surface area contributed by atoms with Gasteiger partial charge in [-0.25, -0.2) is 9.89 Å². The Morgan fingerprint density at radius 1 is 1.56 bits per heavy atom. The maximum Gasteiger partial charge on any atom is 0.343 e. The normalized spacial score (nSPS) is 12.9.